The summed E-state index contributed by atoms with van der Waals surface area (Å²) in [6, 6.07) is 18.1. The molecule has 0 unspecified atom stereocenters. The van der Waals surface area contributed by atoms with E-state index in [0.29, 0.717) is 0 Å². The van der Waals surface area contributed by atoms with Gasteiger partial charge in [-0.2, -0.15) is 0 Å². The molecule has 1 heterocycles. The summed E-state index contributed by atoms with van der Waals surface area (Å²) in [6.45, 7) is 1.93. The van der Waals surface area contributed by atoms with Gasteiger partial charge in [-0.05, 0) is 35.4 Å². The smallest absolute Gasteiger partial charge is 0.204 e. The minimum Gasteiger partial charge on any atom is -0.457 e. The largest absolute Gasteiger partial charge is 0.457 e. The average Bonchev–Trinajstić information content (AvgIpc) is 3.04. The zero-order valence-corrected chi connectivity index (χ0v) is 11.7. The van der Waals surface area contributed by atoms with Gasteiger partial charge in [0, 0.05) is 13.1 Å². The number of amides is 1. The Labute approximate surface area is 124 Å². The van der Waals surface area contributed by atoms with Crippen molar-refractivity contribution in [2.24, 2.45) is 5.73 Å². The molecule has 21 heavy (non-hydrogen) atoms. The number of ether oxygens (including phenoxy) is 1. The first-order valence-electron chi connectivity index (χ1n) is 6.72. The van der Waals surface area contributed by atoms with Crippen LogP contribution in [0, 0.1) is 0 Å². The third-order valence-corrected chi connectivity index (χ3v) is 3.01. The van der Waals surface area contributed by atoms with Crippen molar-refractivity contribution >= 4 is 12.0 Å². The molecular weight excluding hydrogens is 264 g/mol. The van der Waals surface area contributed by atoms with Crippen LogP contribution in [-0.2, 0) is 4.79 Å². The lowest BCUT2D eigenvalue weighted by Gasteiger charge is -2.07. The first-order chi connectivity index (χ1) is 10.3. The maximum atomic E-state index is 8.58. The quantitative estimate of drug-likeness (QED) is 0.850. The van der Waals surface area contributed by atoms with Crippen molar-refractivity contribution in [3.8, 4) is 11.5 Å². The van der Waals surface area contributed by atoms with Crippen LogP contribution in [0.3, 0.4) is 0 Å². The van der Waals surface area contributed by atoms with Gasteiger partial charge in [-0.3, -0.25) is 4.79 Å². The lowest BCUT2D eigenvalue weighted by molar-refractivity contribution is -0.106. The summed E-state index contributed by atoms with van der Waals surface area (Å²) in [6.07, 6.45) is 2.48. The Morgan fingerprint density at radius 3 is 2.19 bits per heavy atom. The van der Waals surface area contributed by atoms with Crippen LogP contribution in [-0.4, -0.2) is 19.5 Å². The fourth-order valence-electron chi connectivity index (χ4n) is 2.06. The molecule has 2 aromatic carbocycles. The second-order valence-corrected chi connectivity index (χ2v) is 4.44. The van der Waals surface area contributed by atoms with Gasteiger partial charge in [0.25, 0.3) is 0 Å². The first kappa shape index (κ1) is 14.8. The second-order valence-electron chi connectivity index (χ2n) is 4.44. The lowest BCUT2D eigenvalue weighted by atomic mass is 10.1. The highest BCUT2D eigenvalue weighted by Gasteiger charge is 2.06. The number of benzene rings is 2. The van der Waals surface area contributed by atoms with E-state index in [4.69, 9.17) is 9.53 Å². The molecule has 4 heteroatoms. The van der Waals surface area contributed by atoms with Crippen LogP contribution in [0.25, 0.3) is 5.57 Å². The maximum absolute atomic E-state index is 8.58. The maximum Gasteiger partial charge on any atom is 0.204 e. The van der Waals surface area contributed by atoms with Crippen molar-refractivity contribution in [1.29, 1.82) is 0 Å². The summed E-state index contributed by atoms with van der Waals surface area (Å²) in [5, 5.41) is 3.30. The highest BCUT2D eigenvalue weighted by molar-refractivity contribution is 5.69. The highest BCUT2D eigenvalue weighted by atomic mass is 16.5. The molecule has 1 amide bonds. The van der Waals surface area contributed by atoms with Gasteiger partial charge in [-0.25, -0.2) is 0 Å². The lowest BCUT2D eigenvalue weighted by Crippen LogP contribution is -2.07. The third kappa shape index (κ3) is 4.47. The Bertz CT molecular complexity index is 592. The molecule has 0 aromatic heterocycles. The molecule has 0 atom stereocenters. The van der Waals surface area contributed by atoms with Gasteiger partial charge in [0.05, 0.1) is 0 Å². The fraction of sp³-hybridized carbons (Fsp3) is 0.118. The van der Waals surface area contributed by atoms with Gasteiger partial charge in [0.2, 0.25) is 6.41 Å². The molecular formula is C17H18N2O2. The summed E-state index contributed by atoms with van der Waals surface area (Å²) in [4.78, 5) is 8.58. The van der Waals surface area contributed by atoms with Crippen LogP contribution >= 0.6 is 0 Å². The summed E-state index contributed by atoms with van der Waals surface area (Å²) in [7, 11) is 0. The number of hydrogen-bond acceptors (Lipinski definition) is 3. The van der Waals surface area contributed by atoms with Crippen LogP contribution in [0.2, 0.25) is 0 Å². The SMILES string of the molecule is C1=C(c2ccc(Oc3ccccc3)cc2)CNC1.NC=O. The van der Waals surface area contributed by atoms with Crippen LogP contribution in [0.5, 0.6) is 11.5 Å². The van der Waals surface area contributed by atoms with E-state index in [0.717, 1.165) is 24.6 Å². The monoisotopic (exact) mass is 282 g/mol. The van der Waals surface area contributed by atoms with Crippen molar-refractivity contribution < 1.29 is 9.53 Å². The highest BCUT2D eigenvalue weighted by Crippen LogP contribution is 2.24. The molecule has 2 aromatic rings. The van der Waals surface area contributed by atoms with E-state index in [1.54, 1.807) is 0 Å². The standard InChI is InChI=1S/C16H15NO.CH3NO/c1-2-4-15(5-3-1)18-16-8-6-13(7-9-16)14-10-11-17-12-14;2-1-3/h1-10,17H,11-12H2;1H,(H2,2,3). The van der Waals surface area contributed by atoms with E-state index in [1.807, 2.05) is 42.5 Å². The van der Waals surface area contributed by atoms with Gasteiger partial charge >= 0.3 is 0 Å². The van der Waals surface area contributed by atoms with Gasteiger partial charge in [0.15, 0.2) is 0 Å². The van der Waals surface area contributed by atoms with E-state index in [9.17, 15) is 0 Å². The third-order valence-electron chi connectivity index (χ3n) is 3.01. The first-order valence-corrected chi connectivity index (χ1v) is 6.72. The normalized spacial score (nSPS) is 12.9. The number of carbonyl (C=O) groups is 1. The Morgan fingerprint density at radius 2 is 1.62 bits per heavy atom. The number of rotatable bonds is 3. The zero-order chi connectivity index (χ0) is 14.9. The Hall–Kier alpha value is -2.59. The Balaban J connectivity index is 0.000000497. The Morgan fingerprint density at radius 1 is 1.00 bits per heavy atom. The number of hydrogen-bond donors (Lipinski definition) is 2. The molecule has 3 rings (SSSR count). The number of carbonyl (C=O) groups excluding carboxylic acids is 1. The predicted octanol–water partition coefficient (Wildman–Crippen LogP) is 2.57. The molecule has 3 N–H and O–H groups in total. The van der Waals surface area contributed by atoms with E-state index < -0.39 is 0 Å². The van der Waals surface area contributed by atoms with Crippen LogP contribution in [0.4, 0.5) is 0 Å². The van der Waals surface area contributed by atoms with E-state index in [1.165, 1.54) is 11.1 Å². The molecule has 1 aliphatic rings. The number of nitrogens with two attached hydrogens (primary N) is 1. The molecule has 0 aliphatic carbocycles. The summed E-state index contributed by atoms with van der Waals surface area (Å²) < 4.78 is 5.76. The van der Waals surface area contributed by atoms with Crippen LogP contribution < -0.4 is 15.8 Å². The van der Waals surface area contributed by atoms with Crippen molar-refractivity contribution in [3.05, 3.63) is 66.2 Å². The van der Waals surface area contributed by atoms with Gasteiger partial charge in [0.1, 0.15) is 11.5 Å². The van der Waals surface area contributed by atoms with E-state index in [2.05, 4.69) is 29.3 Å². The van der Waals surface area contributed by atoms with Crippen LogP contribution in [0.15, 0.2) is 60.7 Å². The second kappa shape index (κ2) is 7.87. The molecule has 0 radical (unpaired) electrons. The summed E-state index contributed by atoms with van der Waals surface area (Å²) in [5.41, 5.74) is 6.79. The van der Waals surface area contributed by atoms with Gasteiger partial charge in [-0.1, -0.05) is 36.4 Å². The predicted molar refractivity (Wildman–Crippen MR) is 84.1 cm³/mol. The Kier molecular flexibility index (Phi) is 5.55. The molecule has 1 aliphatic heterocycles. The molecule has 0 saturated carbocycles. The topological polar surface area (TPSA) is 64.3 Å². The molecule has 0 saturated heterocycles. The van der Waals surface area contributed by atoms with Crippen molar-refractivity contribution in [1.82, 2.24) is 5.32 Å². The minimum absolute atomic E-state index is 0.250. The molecule has 0 bridgehead atoms. The summed E-state index contributed by atoms with van der Waals surface area (Å²) in [5.74, 6) is 1.74. The van der Waals surface area contributed by atoms with E-state index in [-0.39, 0.29) is 6.41 Å². The minimum atomic E-state index is 0.250. The zero-order valence-electron chi connectivity index (χ0n) is 11.7. The average molecular weight is 282 g/mol. The number of nitrogens with one attached hydrogen (secondary N) is 1. The molecule has 4 nitrogen and oxygen atoms in total. The number of para-hydroxylation sites is 1. The van der Waals surface area contributed by atoms with Crippen molar-refractivity contribution in [3.63, 3.8) is 0 Å². The summed E-state index contributed by atoms with van der Waals surface area (Å²) >= 11 is 0. The van der Waals surface area contributed by atoms with Crippen molar-refractivity contribution in [2.75, 3.05) is 13.1 Å². The molecule has 0 spiro atoms. The fourth-order valence-corrected chi connectivity index (χ4v) is 2.06. The van der Waals surface area contributed by atoms with Crippen LogP contribution in [0.1, 0.15) is 5.56 Å². The molecule has 0 fully saturated rings. The van der Waals surface area contributed by atoms with Crippen molar-refractivity contribution in [2.45, 2.75) is 0 Å². The number of primary amides is 1. The van der Waals surface area contributed by atoms with Gasteiger partial charge in [-0.15, -0.1) is 0 Å². The van der Waals surface area contributed by atoms with Gasteiger partial charge < -0.3 is 15.8 Å². The van der Waals surface area contributed by atoms with E-state index >= 15 is 0 Å². The molecule has 108 valence electrons.